The van der Waals surface area contributed by atoms with E-state index in [-0.39, 0.29) is 5.91 Å². The van der Waals surface area contributed by atoms with E-state index < -0.39 is 5.54 Å². The lowest BCUT2D eigenvalue weighted by atomic mass is 9.90. The first-order valence-electron chi connectivity index (χ1n) is 6.79. The number of amides is 1. The maximum absolute atomic E-state index is 12.4. The van der Waals surface area contributed by atoms with Gasteiger partial charge in [0.15, 0.2) is 0 Å². The molecule has 1 aliphatic heterocycles. The summed E-state index contributed by atoms with van der Waals surface area (Å²) in [5, 5.41) is 6.35. The molecular weight excluding hydrogens is 240 g/mol. The van der Waals surface area contributed by atoms with Crippen molar-refractivity contribution in [3.63, 3.8) is 0 Å². The maximum atomic E-state index is 12.4. The van der Waals surface area contributed by atoms with E-state index in [9.17, 15) is 4.79 Å². The Kier molecular flexibility index (Phi) is 4.56. The minimum Gasteiger partial charge on any atom is -0.380 e. The molecule has 1 atom stereocenters. The van der Waals surface area contributed by atoms with Crippen LogP contribution in [-0.4, -0.2) is 25.1 Å². The monoisotopic (exact) mass is 262 g/mol. The first kappa shape index (κ1) is 14.0. The Balaban J connectivity index is 2.10. The molecule has 1 fully saturated rings. The zero-order chi connectivity index (χ0) is 13.7. The predicted octanol–water partition coefficient (Wildman–Crippen LogP) is 2.30. The van der Waals surface area contributed by atoms with Crippen LogP contribution in [0.25, 0.3) is 0 Å². The lowest BCUT2D eigenvalue weighted by Crippen LogP contribution is -2.54. The van der Waals surface area contributed by atoms with E-state index in [1.54, 1.807) is 7.11 Å². The number of para-hydroxylation sites is 1. The van der Waals surface area contributed by atoms with Crippen LogP contribution in [0.3, 0.4) is 0 Å². The van der Waals surface area contributed by atoms with Crippen molar-refractivity contribution in [2.24, 2.45) is 0 Å². The highest BCUT2D eigenvalue weighted by Crippen LogP contribution is 2.22. The second-order valence-corrected chi connectivity index (χ2v) is 5.26. The van der Waals surface area contributed by atoms with Crippen LogP contribution in [0.1, 0.15) is 31.7 Å². The van der Waals surface area contributed by atoms with E-state index in [1.807, 2.05) is 31.2 Å². The van der Waals surface area contributed by atoms with Crippen LogP contribution in [0.2, 0.25) is 0 Å². The van der Waals surface area contributed by atoms with Gasteiger partial charge in [-0.3, -0.25) is 4.79 Å². The Hall–Kier alpha value is -1.39. The van der Waals surface area contributed by atoms with Crippen LogP contribution in [-0.2, 0) is 16.1 Å². The lowest BCUT2D eigenvalue weighted by molar-refractivity contribution is -0.122. The van der Waals surface area contributed by atoms with Crippen LogP contribution < -0.4 is 10.6 Å². The fourth-order valence-corrected chi connectivity index (χ4v) is 2.43. The molecule has 2 rings (SSSR count). The number of carbonyl (C=O) groups excluding carboxylic acids is 1. The zero-order valence-electron chi connectivity index (χ0n) is 11.7. The standard InChI is InChI=1S/C15H22N2O2/c1-15(9-5-6-10-16-15)14(18)17-13-8-4-3-7-12(13)11-19-2/h3-4,7-8,16H,5-6,9-11H2,1-2H3,(H,17,18). The van der Waals surface area contributed by atoms with Crippen molar-refractivity contribution in [1.29, 1.82) is 0 Å². The average molecular weight is 262 g/mol. The maximum Gasteiger partial charge on any atom is 0.244 e. The topological polar surface area (TPSA) is 50.4 Å². The minimum absolute atomic E-state index is 0.0377. The van der Waals surface area contributed by atoms with E-state index in [4.69, 9.17) is 4.74 Å². The summed E-state index contributed by atoms with van der Waals surface area (Å²) in [5.41, 5.74) is 1.37. The molecule has 1 saturated heterocycles. The van der Waals surface area contributed by atoms with Crippen LogP contribution in [0.4, 0.5) is 5.69 Å². The molecule has 1 unspecified atom stereocenters. The summed E-state index contributed by atoms with van der Waals surface area (Å²) in [5.74, 6) is 0.0377. The molecule has 4 heteroatoms. The van der Waals surface area contributed by atoms with Gasteiger partial charge in [0.25, 0.3) is 0 Å². The molecule has 1 heterocycles. The molecule has 19 heavy (non-hydrogen) atoms. The first-order valence-corrected chi connectivity index (χ1v) is 6.79. The number of piperidine rings is 1. The highest BCUT2D eigenvalue weighted by Gasteiger charge is 2.34. The molecule has 0 bridgehead atoms. The average Bonchev–Trinajstić information content (AvgIpc) is 2.42. The van der Waals surface area contributed by atoms with Crippen LogP contribution in [0.5, 0.6) is 0 Å². The van der Waals surface area contributed by atoms with E-state index in [2.05, 4.69) is 10.6 Å². The second kappa shape index (κ2) is 6.17. The van der Waals surface area contributed by atoms with E-state index in [0.29, 0.717) is 6.61 Å². The molecule has 0 aromatic heterocycles. The molecule has 0 aliphatic carbocycles. The van der Waals surface area contributed by atoms with Crippen LogP contribution >= 0.6 is 0 Å². The normalized spacial score (nSPS) is 23.1. The minimum atomic E-state index is -0.460. The van der Waals surface area contributed by atoms with Gasteiger partial charge in [-0.2, -0.15) is 0 Å². The lowest BCUT2D eigenvalue weighted by Gasteiger charge is -2.33. The summed E-state index contributed by atoms with van der Waals surface area (Å²) in [7, 11) is 1.66. The number of carbonyl (C=O) groups is 1. The van der Waals surface area contributed by atoms with Crippen molar-refractivity contribution < 1.29 is 9.53 Å². The third-order valence-corrected chi connectivity index (χ3v) is 3.69. The van der Waals surface area contributed by atoms with Gasteiger partial charge in [-0.1, -0.05) is 18.2 Å². The molecule has 1 aromatic rings. The second-order valence-electron chi connectivity index (χ2n) is 5.26. The number of hydrogen-bond donors (Lipinski definition) is 2. The molecule has 1 amide bonds. The number of hydrogen-bond acceptors (Lipinski definition) is 3. The van der Waals surface area contributed by atoms with Gasteiger partial charge >= 0.3 is 0 Å². The van der Waals surface area contributed by atoms with Crippen LogP contribution in [0, 0.1) is 0 Å². The summed E-state index contributed by atoms with van der Waals surface area (Å²) in [6.45, 7) is 3.38. The number of rotatable bonds is 4. The molecule has 104 valence electrons. The third-order valence-electron chi connectivity index (χ3n) is 3.69. The number of ether oxygens (including phenoxy) is 1. The van der Waals surface area contributed by atoms with Gasteiger partial charge in [-0.15, -0.1) is 0 Å². The Bertz CT molecular complexity index is 440. The molecule has 2 N–H and O–H groups in total. The molecule has 4 nitrogen and oxygen atoms in total. The van der Waals surface area contributed by atoms with Crippen molar-refractivity contribution in [1.82, 2.24) is 5.32 Å². The van der Waals surface area contributed by atoms with Crippen molar-refractivity contribution in [3.05, 3.63) is 29.8 Å². The van der Waals surface area contributed by atoms with Crippen LogP contribution in [0.15, 0.2) is 24.3 Å². The third kappa shape index (κ3) is 3.33. The smallest absolute Gasteiger partial charge is 0.244 e. The summed E-state index contributed by atoms with van der Waals surface area (Å²) < 4.78 is 5.15. The molecule has 1 aliphatic rings. The van der Waals surface area contributed by atoms with Crippen molar-refractivity contribution in [3.8, 4) is 0 Å². The van der Waals surface area contributed by atoms with E-state index in [1.165, 1.54) is 0 Å². The molecule has 1 aromatic carbocycles. The van der Waals surface area contributed by atoms with Gasteiger partial charge in [0.1, 0.15) is 0 Å². The van der Waals surface area contributed by atoms with Crippen molar-refractivity contribution in [2.75, 3.05) is 19.0 Å². The number of benzene rings is 1. The fraction of sp³-hybridized carbons (Fsp3) is 0.533. The van der Waals surface area contributed by atoms with Crippen molar-refractivity contribution >= 4 is 11.6 Å². The molecular formula is C15H22N2O2. The Morgan fingerprint density at radius 2 is 2.21 bits per heavy atom. The number of anilines is 1. The largest absolute Gasteiger partial charge is 0.380 e. The summed E-state index contributed by atoms with van der Waals surface area (Å²) in [4.78, 5) is 12.4. The van der Waals surface area contributed by atoms with Gasteiger partial charge in [-0.25, -0.2) is 0 Å². The van der Waals surface area contributed by atoms with Gasteiger partial charge in [0.05, 0.1) is 12.1 Å². The summed E-state index contributed by atoms with van der Waals surface area (Å²) in [6.07, 6.45) is 3.12. The Morgan fingerprint density at radius 3 is 2.89 bits per heavy atom. The van der Waals surface area contributed by atoms with Crippen molar-refractivity contribution in [2.45, 2.75) is 38.3 Å². The summed E-state index contributed by atoms with van der Waals surface area (Å²) >= 11 is 0. The quantitative estimate of drug-likeness (QED) is 0.875. The number of methoxy groups -OCH3 is 1. The zero-order valence-corrected chi connectivity index (χ0v) is 11.7. The first-order chi connectivity index (χ1) is 9.15. The number of nitrogens with one attached hydrogen (secondary N) is 2. The Morgan fingerprint density at radius 1 is 1.42 bits per heavy atom. The SMILES string of the molecule is COCc1ccccc1NC(=O)C1(C)CCCCN1. The summed E-state index contributed by atoms with van der Waals surface area (Å²) in [6, 6.07) is 7.75. The van der Waals surface area contributed by atoms with Gasteiger partial charge in [-0.05, 0) is 38.8 Å². The molecule has 0 spiro atoms. The predicted molar refractivity (Wildman–Crippen MR) is 76.0 cm³/mol. The van der Waals surface area contributed by atoms with Gasteiger partial charge < -0.3 is 15.4 Å². The highest BCUT2D eigenvalue weighted by molar-refractivity contribution is 5.98. The van der Waals surface area contributed by atoms with Gasteiger partial charge in [0.2, 0.25) is 5.91 Å². The molecule has 0 saturated carbocycles. The fourth-order valence-electron chi connectivity index (χ4n) is 2.43. The highest BCUT2D eigenvalue weighted by atomic mass is 16.5. The van der Waals surface area contributed by atoms with Gasteiger partial charge in [0, 0.05) is 18.4 Å². The molecule has 0 radical (unpaired) electrons. The van der Waals surface area contributed by atoms with E-state index in [0.717, 1.165) is 37.1 Å². The Labute approximate surface area is 114 Å². The van der Waals surface area contributed by atoms with E-state index >= 15 is 0 Å².